The van der Waals surface area contributed by atoms with E-state index in [-0.39, 0.29) is 24.7 Å². The molecule has 1 aromatic heterocycles. The van der Waals surface area contributed by atoms with E-state index >= 15 is 0 Å². The molecule has 1 fully saturated rings. The van der Waals surface area contributed by atoms with Crippen LogP contribution in [0.2, 0.25) is 0 Å². The van der Waals surface area contributed by atoms with Gasteiger partial charge in [-0.2, -0.15) is 0 Å². The SMILES string of the molecule is Cc1cc(F)cc2[nH]c(C(=O)N3CCOC[C@H]3C(=O)O)cc12. The lowest BCUT2D eigenvalue weighted by atomic mass is 10.1. The molecule has 6 nitrogen and oxygen atoms in total. The van der Waals surface area contributed by atoms with E-state index in [1.807, 2.05) is 0 Å². The number of aliphatic carboxylic acids is 1. The standard InChI is InChI=1S/C15H15FN2O4/c1-8-4-9(16)5-11-10(8)6-12(17-11)14(19)18-2-3-22-7-13(18)15(20)21/h4-6,13,17H,2-3,7H2,1H3,(H,20,21)/t13-/m0/s1. The number of halogens is 1. The first-order valence-corrected chi connectivity index (χ1v) is 6.88. The van der Waals surface area contributed by atoms with Gasteiger partial charge in [-0.25, -0.2) is 9.18 Å². The van der Waals surface area contributed by atoms with Crippen molar-refractivity contribution in [2.24, 2.45) is 0 Å². The Morgan fingerprint density at radius 1 is 1.41 bits per heavy atom. The molecule has 1 amide bonds. The number of aryl methyl sites for hydroxylation is 1. The molecule has 0 unspecified atom stereocenters. The number of rotatable bonds is 2. The van der Waals surface area contributed by atoms with Crippen molar-refractivity contribution in [2.45, 2.75) is 13.0 Å². The van der Waals surface area contributed by atoms with Crippen molar-refractivity contribution >= 4 is 22.8 Å². The van der Waals surface area contributed by atoms with Crippen molar-refractivity contribution in [3.63, 3.8) is 0 Å². The molecule has 1 aromatic carbocycles. The van der Waals surface area contributed by atoms with Crippen molar-refractivity contribution in [3.8, 4) is 0 Å². The average molecular weight is 306 g/mol. The van der Waals surface area contributed by atoms with Crippen LogP contribution in [-0.2, 0) is 9.53 Å². The summed E-state index contributed by atoms with van der Waals surface area (Å²) in [6.45, 7) is 2.22. The van der Waals surface area contributed by atoms with E-state index in [0.717, 1.165) is 5.39 Å². The van der Waals surface area contributed by atoms with Gasteiger partial charge in [-0.15, -0.1) is 0 Å². The summed E-state index contributed by atoms with van der Waals surface area (Å²) in [6.07, 6.45) is 0. The van der Waals surface area contributed by atoms with Gasteiger partial charge >= 0.3 is 5.97 Å². The van der Waals surface area contributed by atoms with Crippen molar-refractivity contribution in [3.05, 3.63) is 35.3 Å². The summed E-state index contributed by atoms with van der Waals surface area (Å²) in [5.74, 6) is -1.92. The van der Waals surface area contributed by atoms with E-state index in [1.165, 1.54) is 17.0 Å². The number of carboxylic acids is 1. The second-order valence-electron chi connectivity index (χ2n) is 5.29. The van der Waals surface area contributed by atoms with Gasteiger partial charge in [0.05, 0.1) is 13.2 Å². The fourth-order valence-electron chi connectivity index (χ4n) is 2.70. The number of nitrogens with one attached hydrogen (secondary N) is 1. The summed E-state index contributed by atoms with van der Waals surface area (Å²) >= 11 is 0. The number of hydrogen-bond donors (Lipinski definition) is 2. The summed E-state index contributed by atoms with van der Waals surface area (Å²) < 4.78 is 18.5. The van der Waals surface area contributed by atoms with Crippen LogP contribution in [0.5, 0.6) is 0 Å². The molecule has 0 saturated carbocycles. The smallest absolute Gasteiger partial charge is 0.328 e. The molecule has 2 heterocycles. The summed E-state index contributed by atoms with van der Waals surface area (Å²) in [5, 5.41) is 9.93. The summed E-state index contributed by atoms with van der Waals surface area (Å²) in [6, 6.07) is 3.32. The third-order valence-corrected chi connectivity index (χ3v) is 3.81. The molecule has 22 heavy (non-hydrogen) atoms. The maximum absolute atomic E-state index is 13.4. The van der Waals surface area contributed by atoms with E-state index < -0.39 is 17.9 Å². The Labute approximate surface area is 125 Å². The topological polar surface area (TPSA) is 82.6 Å². The number of fused-ring (bicyclic) bond motifs is 1. The van der Waals surface area contributed by atoms with Gasteiger partial charge in [0.15, 0.2) is 6.04 Å². The molecule has 2 N–H and O–H groups in total. The molecule has 1 aliphatic rings. The van der Waals surface area contributed by atoms with Gasteiger partial charge < -0.3 is 19.7 Å². The van der Waals surface area contributed by atoms with E-state index in [1.54, 1.807) is 13.0 Å². The molecule has 7 heteroatoms. The molecule has 1 atom stereocenters. The van der Waals surface area contributed by atoms with E-state index in [2.05, 4.69) is 4.98 Å². The third-order valence-electron chi connectivity index (χ3n) is 3.81. The highest BCUT2D eigenvalue weighted by Crippen LogP contribution is 2.23. The van der Waals surface area contributed by atoms with Gasteiger partial charge in [0, 0.05) is 17.4 Å². The van der Waals surface area contributed by atoms with E-state index in [9.17, 15) is 19.1 Å². The Balaban J connectivity index is 1.97. The Morgan fingerprint density at radius 2 is 2.18 bits per heavy atom. The molecule has 1 saturated heterocycles. The first kappa shape index (κ1) is 14.5. The molecule has 2 aromatic rings. The van der Waals surface area contributed by atoms with Crippen molar-refractivity contribution in [1.29, 1.82) is 0 Å². The predicted octanol–water partition coefficient (Wildman–Crippen LogP) is 1.54. The Kier molecular flexibility index (Phi) is 3.58. The fraction of sp³-hybridized carbons (Fsp3) is 0.333. The highest BCUT2D eigenvalue weighted by atomic mass is 19.1. The van der Waals surface area contributed by atoms with Gasteiger partial charge in [-0.05, 0) is 30.7 Å². The van der Waals surface area contributed by atoms with Crippen LogP contribution < -0.4 is 0 Å². The van der Waals surface area contributed by atoms with Crippen LogP contribution in [0.3, 0.4) is 0 Å². The predicted molar refractivity (Wildman–Crippen MR) is 76.3 cm³/mol. The average Bonchev–Trinajstić information content (AvgIpc) is 2.90. The lowest BCUT2D eigenvalue weighted by Gasteiger charge is -2.32. The minimum absolute atomic E-state index is 0.0328. The van der Waals surface area contributed by atoms with E-state index in [4.69, 9.17) is 4.74 Å². The van der Waals surface area contributed by atoms with Gasteiger partial charge in [-0.3, -0.25) is 4.79 Å². The van der Waals surface area contributed by atoms with Crippen molar-refractivity contribution in [2.75, 3.05) is 19.8 Å². The number of morpholine rings is 1. The number of aromatic amines is 1. The zero-order valence-corrected chi connectivity index (χ0v) is 11.9. The van der Waals surface area contributed by atoms with Gasteiger partial charge in [-0.1, -0.05) is 0 Å². The summed E-state index contributed by atoms with van der Waals surface area (Å²) in [4.78, 5) is 27.9. The Bertz CT molecular complexity index is 755. The molecule has 0 spiro atoms. The minimum atomic E-state index is -1.11. The minimum Gasteiger partial charge on any atom is -0.480 e. The molecule has 0 radical (unpaired) electrons. The number of ether oxygens (including phenoxy) is 1. The summed E-state index contributed by atoms with van der Waals surface area (Å²) in [7, 11) is 0. The maximum atomic E-state index is 13.4. The first-order valence-electron chi connectivity index (χ1n) is 6.88. The lowest BCUT2D eigenvalue weighted by molar-refractivity contribution is -0.147. The molecular formula is C15H15FN2O4. The molecule has 0 aliphatic carbocycles. The molecular weight excluding hydrogens is 291 g/mol. The zero-order valence-electron chi connectivity index (χ0n) is 11.9. The highest BCUT2D eigenvalue weighted by molar-refractivity contribution is 6.00. The van der Waals surface area contributed by atoms with Crippen molar-refractivity contribution in [1.82, 2.24) is 9.88 Å². The lowest BCUT2D eigenvalue weighted by Crippen LogP contribution is -2.52. The largest absolute Gasteiger partial charge is 0.480 e. The number of amides is 1. The molecule has 116 valence electrons. The second kappa shape index (κ2) is 5.42. The number of nitrogens with zero attached hydrogens (tertiary/aromatic N) is 1. The number of carbonyl (C=O) groups is 2. The number of carboxylic acid groups (broad SMARTS) is 1. The summed E-state index contributed by atoms with van der Waals surface area (Å²) in [5.41, 5.74) is 1.47. The number of carbonyl (C=O) groups excluding carboxylic acids is 1. The maximum Gasteiger partial charge on any atom is 0.328 e. The van der Waals surface area contributed by atoms with Crippen LogP contribution in [-0.4, -0.2) is 52.7 Å². The molecule has 1 aliphatic heterocycles. The van der Waals surface area contributed by atoms with Crippen LogP contribution in [0.25, 0.3) is 10.9 Å². The van der Waals surface area contributed by atoms with Crippen LogP contribution in [0.1, 0.15) is 16.1 Å². The number of benzene rings is 1. The highest BCUT2D eigenvalue weighted by Gasteiger charge is 2.33. The van der Waals surface area contributed by atoms with Crippen molar-refractivity contribution < 1.29 is 23.8 Å². The zero-order chi connectivity index (χ0) is 15.9. The number of aromatic nitrogens is 1. The van der Waals surface area contributed by atoms with Gasteiger partial charge in [0.2, 0.25) is 0 Å². The van der Waals surface area contributed by atoms with Crippen LogP contribution in [0.15, 0.2) is 18.2 Å². The Morgan fingerprint density at radius 3 is 2.91 bits per heavy atom. The van der Waals surface area contributed by atoms with Gasteiger partial charge in [0.25, 0.3) is 5.91 Å². The van der Waals surface area contributed by atoms with Crippen LogP contribution in [0, 0.1) is 12.7 Å². The number of H-pyrrole nitrogens is 1. The molecule has 3 rings (SSSR count). The number of hydrogen-bond acceptors (Lipinski definition) is 3. The van der Waals surface area contributed by atoms with E-state index in [0.29, 0.717) is 17.7 Å². The quantitative estimate of drug-likeness (QED) is 0.881. The van der Waals surface area contributed by atoms with Crippen LogP contribution >= 0.6 is 0 Å². The second-order valence-corrected chi connectivity index (χ2v) is 5.29. The normalized spacial score (nSPS) is 18.6. The fourth-order valence-corrected chi connectivity index (χ4v) is 2.70. The molecule has 0 bridgehead atoms. The van der Waals surface area contributed by atoms with Gasteiger partial charge in [0.1, 0.15) is 11.5 Å². The Hall–Kier alpha value is -2.41. The monoisotopic (exact) mass is 306 g/mol. The first-order chi connectivity index (χ1) is 10.5. The third kappa shape index (κ3) is 2.43. The van der Waals surface area contributed by atoms with Crippen LogP contribution in [0.4, 0.5) is 4.39 Å².